The van der Waals surface area contributed by atoms with Gasteiger partial charge in [-0.05, 0) is 33.7 Å². The van der Waals surface area contributed by atoms with Crippen molar-refractivity contribution in [3.63, 3.8) is 0 Å². The fourth-order valence-corrected chi connectivity index (χ4v) is 1.98. The molecule has 116 valence electrons. The van der Waals surface area contributed by atoms with Crippen LogP contribution in [0.5, 0.6) is 0 Å². The van der Waals surface area contributed by atoms with Gasteiger partial charge in [-0.2, -0.15) is 0 Å². The number of carbonyl (C=O) groups is 2. The van der Waals surface area contributed by atoms with Crippen LogP contribution in [0.25, 0.3) is 0 Å². The summed E-state index contributed by atoms with van der Waals surface area (Å²) >= 11 is 0. The molecule has 0 aromatic carbocycles. The van der Waals surface area contributed by atoms with E-state index in [1.54, 1.807) is 11.8 Å². The van der Waals surface area contributed by atoms with Crippen molar-refractivity contribution in [3.8, 4) is 0 Å². The molecule has 1 rings (SSSR count). The molecular weight excluding hydrogens is 260 g/mol. The normalized spacial score (nSPS) is 18.7. The van der Waals surface area contributed by atoms with Crippen molar-refractivity contribution in [2.45, 2.75) is 39.7 Å². The molecule has 1 N–H and O–H groups in total. The Bertz CT molecular complexity index is 344. The van der Waals surface area contributed by atoms with Crippen molar-refractivity contribution in [1.29, 1.82) is 0 Å². The zero-order chi connectivity index (χ0) is 15.3. The lowest BCUT2D eigenvalue weighted by Crippen LogP contribution is -2.50. The van der Waals surface area contributed by atoms with Gasteiger partial charge in [0.2, 0.25) is 0 Å². The van der Waals surface area contributed by atoms with Gasteiger partial charge in [0.25, 0.3) is 0 Å². The van der Waals surface area contributed by atoms with Crippen molar-refractivity contribution < 1.29 is 19.4 Å². The van der Waals surface area contributed by atoms with E-state index in [0.717, 1.165) is 19.6 Å². The second-order valence-corrected chi connectivity index (χ2v) is 6.34. The molecule has 0 aliphatic carbocycles. The van der Waals surface area contributed by atoms with Crippen molar-refractivity contribution in [2.75, 3.05) is 32.7 Å². The highest BCUT2D eigenvalue weighted by molar-refractivity contribution is 5.69. The molecule has 1 amide bonds. The highest BCUT2D eigenvalue weighted by Gasteiger charge is 2.26. The molecule has 0 aromatic rings. The van der Waals surface area contributed by atoms with E-state index in [2.05, 4.69) is 4.90 Å². The third kappa shape index (κ3) is 5.77. The fraction of sp³-hybridized carbons (Fsp3) is 0.857. The van der Waals surface area contributed by atoms with Gasteiger partial charge in [0, 0.05) is 26.2 Å². The summed E-state index contributed by atoms with van der Waals surface area (Å²) in [5, 5.41) is 8.85. The Morgan fingerprint density at radius 1 is 1.20 bits per heavy atom. The summed E-state index contributed by atoms with van der Waals surface area (Å²) in [4.78, 5) is 26.5. The maximum atomic E-state index is 11.9. The number of carboxylic acid groups (broad SMARTS) is 1. The van der Waals surface area contributed by atoms with Crippen LogP contribution < -0.4 is 0 Å². The Kier molecular flexibility index (Phi) is 5.80. The Morgan fingerprint density at radius 3 is 2.20 bits per heavy atom. The van der Waals surface area contributed by atoms with Crippen LogP contribution in [0.3, 0.4) is 0 Å². The molecule has 0 saturated carbocycles. The number of hydrogen-bond acceptors (Lipinski definition) is 4. The van der Waals surface area contributed by atoms with Crippen LogP contribution in [0.4, 0.5) is 4.79 Å². The number of carbonyl (C=O) groups excluding carboxylic acids is 1. The van der Waals surface area contributed by atoms with Gasteiger partial charge < -0.3 is 14.7 Å². The lowest BCUT2D eigenvalue weighted by atomic mass is 10.1. The van der Waals surface area contributed by atoms with Gasteiger partial charge in [-0.1, -0.05) is 6.92 Å². The maximum absolute atomic E-state index is 11.9. The maximum Gasteiger partial charge on any atom is 0.410 e. The molecule has 1 aliphatic heterocycles. The second-order valence-electron chi connectivity index (χ2n) is 6.34. The van der Waals surface area contributed by atoms with Gasteiger partial charge >= 0.3 is 12.1 Å². The molecule has 1 atom stereocenters. The lowest BCUT2D eigenvalue weighted by molar-refractivity contribution is -0.141. The summed E-state index contributed by atoms with van der Waals surface area (Å²) in [7, 11) is 0. The van der Waals surface area contributed by atoms with E-state index in [1.165, 1.54) is 0 Å². The number of amides is 1. The standard InChI is InChI=1S/C14H26N2O4/c1-11(12(17)18)5-6-15-7-9-16(10-8-15)13(19)20-14(2,3)4/h11H,5-10H2,1-4H3,(H,17,18). The number of aliphatic carboxylic acids is 1. The highest BCUT2D eigenvalue weighted by atomic mass is 16.6. The van der Waals surface area contributed by atoms with Crippen LogP contribution in [-0.4, -0.2) is 65.3 Å². The topological polar surface area (TPSA) is 70.1 Å². The average Bonchev–Trinajstić information content (AvgIpc) is 2.34. The molecular formula is C14H26N2O4. The third-order valence-corrected chi connectivity index (χ3v) is 3.32. The lowest BCUT2D eigenvalue weighted by Gasteiger charge is -2.35. The molecule has 0 radical (unpaired) electrons. The molecule has 0 aromatic heterocycles. The smallest absolute Gasteiger partial charge is 0.410 e. The number of nitrogens with zero attached hydrogens (tertiary/aromatic N) is 2. The molecule has 20 heavy (non-hydrogen) atoms. The Balaban J connectivity index is 2.29. The average molecular weight is 286 g/mol. The first-order valence-corrected chi connectivity index (χ1v) is 7.12. The van der Waals surface area contributed by atoms with E-state index in [4.69, 9.17) is 9.84 Å². The van der Waals surface area contributed by atoms with Crippen LogP contribution in [0.1, 0.15) is 34.1 Å². The van der Waals surface area contributed by atoms with Gasteiger partial charge in [0.05, 0.1) is 5.92 Å². The fourth-order valence-electron chi connectivity index (χ4n) is 1.98. The Hall–Kier alpha value is -1.30. The van der Waals surface area contributed by atoms with E-state index in [1.807, 2.05) is 20.8 Å². The molecule has 0 spiro atoms. The van der Waals surface area contributed by atoms with Gasteiger partial charge in [-0.15, -0.1) is 0 Å². The largest absolute Gasteiger partial charge is 0.481 e. The molecule has 0 bridgehead atoms. The minimum Gasteiger partial charge on any atom is -0.481 e. The monoisotopic (exact) mass is 286 g/mol. The summed E-state index contributed by atoms with van der Waals surface area (Å²) in [6, 6.07) is 0. The van der Waals surface area contributed by atoms with Gasteiger partial charge in [-0.25, -0.2) is 4.79 Å². The van der Waals surface area contributed by atoms with Crippen molar-refractivity contribution in [3.05, 3.63) is 0 Å². The van der Waals surface area contributed by atoms with Crippen LogP contribution in [0, 0.1) is 5.92 Å². The van der Waals surface area contributed by atoms with Gasteiger partial charge in [-0.3, -0.25) is 9.69 Å². The Morgan fingerprint density at radius 2 is 1.75 bits per heavy atom. The van der Waals surface area contributed by atoms with Gasteiger partial charge in [0.1, 0.15) is 5.60 Å². The van der Waals surface area contributed by atoms with Crippen molar-refractivity contribution >= 4 is 12.1 Å². The number of carboxylic acids is 1. The first-order chi connectivity index (χ1) is 9.19. The molecule has 6 nitrogen and oxygen atoms in total. The molecule has 1 heterocycles. The summed E-state index contributed by atoms with van der Waals surface area (Å²) < 4.78 is 5.33. The van der Waals surface area contributed by atoms with Crippen molar-refractivity contribution in [1.82, 2.24) is 9.80 Å². The number of rotatable bonds is 4. The number of ether oxygens (including phenoxy) is 1. The van der Waals surface area contributed by atoms with Crippen LogP contribution in [0.2, 0.25) is 0 Å². The highest BCUT2D eigenvalue weighted by Crippen LogP contribution is 2.12. The predicted molar refractivity (Wildman–Crippen MR) is 75.7 cm³/mol. The minimum atomic E-state index is -0.752. The molecule has 1 fully saturated rings. The van der Waals surface area contributed by atoms with E-state index in [0.29, 0.717) is 19.5 Å². The second kappa shape index (κ2) is 6.92. The zero-order valence-electron chi connectivity index (χ0n) is 12.9. The predicted octanol–water partition coefficient (Wildman–Crippen LogP) is 1.65. The summed E-state index contributed by atoms with van der Waals surface area (Å²) in [5.41, 5.74) is -0.467. The van der Waals surface area contributed by atoms with E-state index < -0.39 is 11.6 Å². The Labute approximate surface area is 120 Å². The SMILES string of the molecule is CC(CCN1CCN(C(=O)OC(C)(C)C)CC1)C(=O)O. The van der Waals surface area contributed by atoms with E-state index in [9.17, 15) is 9.59 Å². The third-order valence-electron chi connectivity index (χ3n) is 3.32. The summed E-state index contributed by atoms with van der Waals surface area (Å²) in [6.45, 7) is 10.9. The van der Waals surface area contributed by atoms with Crippen LogP contribution in [-0.2, 0) is 9.53 Å². The molecule has 6 heteroatoms. The summed E-state index contributed by atoms with van der Waals surface area (Å²) in [5.74, 6) is -1.07. The van der Waals surface area contributed by atoms with Gasteiger partial charge in [0.15, 0.2) is 0 Å². The van der Waals surface area contributed by atoms with E-state index in [-0.39, 0.29) is 12.0 Å². The zero-order valence-corrected chi connectivity index (χ0v) is 12.9. The first kappa shape index (κ1) is 16.8. The van der Waals surface area contributed by atoms with Crippen LogP contribution in [0.15, 0.2) is 0 Å². The molecule has 1 aliphatic rings. The van der Waals surface area contributed by atoms with Crippen LogP contribution >= 0.6 is 0 Å². The molecule has 1 unspecified atom stereocenters. The molecule has 1 saturated heterocycles. The van der Waals surface area contributed by atoms with Crippen molar-refractivity contribution in [2.24, 2.45) is 5.92 Å². The first-order valence-electron chi connectivity index (χ1n) is 7.12. The quantitative estimate of drug-likeness (QED) is 0.851. The van der Waals surface area contributed by atoms with E-state index >= 15 is 0 Å². The minimum absolute atomic E-state index is 0.268. The summed E-state index contributed by atoms with van der Waals surface area (Å²) in [6.07, 6.45) is 0.373. The number of piperazine rings is 1. The number of hydrogen-bond donors (Lipinski definition) is 1.